The second kappa shape index (κ2) is 7.76. The van der Waals surface area contributed by atoms with Gasteiger partial charge in [-0.1, -0.05) is 37.5 Å². The SMILES string of the molecule is O=C(NC1(C(=O)O)CCCCC1)N1CCN(C(=O)c2ccccc2)CC1. The van der Waals surface area contributed by atoms with E-state index in [0.717, 1.165) is 19.3 Å². The monoisotopic (exact) mass is 359 g/mol. The van der Waals surface area contributed by atoms with Crippen molar-refractivity contribution in [2.45, 2.75) is 37.6 Å². The zero-order valence-electron chi connectivity index (χ0n) is 14.8. The Labute approximate surface area is 153 Å². The number of nitrogens with zero attached hydrogens (tertiary/aromatic N) is 2. The molecule has 1 saturated carbocycles. The van der Waals surface area contributed by atoms with E-state index in [1.807, 2.05) is 18.2 Å². The van der Waals surface area contributed by atoms with Gasteiger partial charge in [0.05, 0.1) is 0 Å². The molecule has 0 radical (unpaired) electrons. The second-order valence-electron chi connectivity index (χ2n) is 7.02. The summed E-state index contributed by atoms with van der Waals surface area (Å²) < 4.78 is 0. The van der Waals surface area contributed by atoms with Crippen molar-refractivity contribution in [1.29, 1.82) is 0 Å². The third-order valence-electron chi connectivity index (χ3n) is 5.34. The van der Waals surface area contributed by atoms with Crippen molar-refractivity contribution in [3.8, 4) is 0 Å². The smallest absolute Gasteiger partial charge is 0.329 e. The first-order chi connectivity index (χ1) is 12.5. The zero-order chi connectivity index (χ0) is 18.6. The Morgan fingerprint density at radius 3 is 2.04 bits per heavy atom. The van der Waals surface area contributed by atoms with Gasteiger partial charge < -0.3 is 20.2 Å². The molecule has 26 heavy (non-hydrogen) atoms. The number of nitrogens with one attached hydrogen (secondary N) is 1. The first-order valence-corrected chi connectivity index (χ1v) is 9.17. The van der Waals surface area contributed by atoms with Gasteiger partial charge in [-0.15, -0.1) is 0 Å². The minimum absolute atomic E-state index is 0.0417. The summed E-state index contributed by atoms with van der Waals surface area (Å²) in [5, 5.41) is 12.4. The number of hydrogen-bond acceptors (Lipinski definition) is 3. The Balaban J connectivity index is 1.56. The molecule has 1 saturated heterocycles. The molecule has 7 nitrogen and oxygen atoms in total. The number of urea groups is 1. The van der Waals surface area contributed by atoms with Crippen molar-refractivity contribution >= 4 is 17.9 Å². The van der Waals surface area contributed by atoms with Gasteiger partial charge in [-0.25, -0.2) is 9.59 Å². The van der Waals surface area contributed by atoms with E-state index >= 15 is 0 Å². The summed E-state index contributed by atoms with van der Waals surface area (Å²) >= 11 is 0. The van der Waals surface area contributed by atoms with Gasteiger partial charge in [0.15, 0.2) is 0 Å². The molecule has 2 fully saturated rings. The van der Waals surface area contributed by atoms with E-state index in [4.69, 9.17) is 0 Å². The van der Waals surface area contributed by atoms with Crippen LogP contribution in [0.15, 0.2) is 30.3 Å². The highest BCUT2D eigenvalue weighted by molar-refractivity contribution is 5.94. The summed E-state index contributed by atoms with van der Waals surface area (Å²) in [6, 6.07) is 8.73. The largest absolute Gasteiger partial charge is 0.480 e. The summed E-state index contributed by atoms with van der Waals surface area (Å²) in [4.78, 5) is 40.1. The van der Waals surface area contributed by atoms with Gasteiger partial charge in [0.25, 0.3) is 5.91 Å². The number of carboxylic acids is 1. The molecule has 3 amide bonds. The lowest BCUT2D eigenvalue weighted by Crippen LogP contribution is -2.61. The van der Waals surface area contributed by atoms with E-state index < -0.39 is 11.5 Å². The highest BCUT2D eigenvalue weighted by Crippen LogP contribution is 2.28. The summed E-state index contributed by atoms with van der Waals surface area (Å²) in [5.41, 5.74) is -0.510. The maximum Gasteiger partial charge on any atom is 0.329 e. The van der Waals surface area contributed by atoms with Gasteiger partial charge >= 0.3 is 12.0 Å². The predicted octanol–water partition coefficient (Wildman–Crippen LogP) is 1.94. The summed E-state index contributed by atoms with van der Waals surface area (Å²) in [7, 11) is 0. The molecule has 140 valence electrons. The van der Waals surface area contributed by atoms with Gasteiger partial charge in [0.2, 0.25) is 0 Å². The third kappa shape index (κ3) is 3.81. The van der Waals surface area contributed by atoms with Gasteiger partial charge in [0, 0.05) is 31.7 Å². The quantitative estimate of drug-likeness (QED) is 0.863. The lowest BCUT2D eigenvalue weighted by Gasteiger charge is -2.39. The predicted molar refractivity (Wildman–Crippen MR) is 95.9 cm³/mol. The first-order valence-electron chi connectivity index (χ1n) is 9.17. The fraction of sp³-hybridized carbons (Fsp3) is 0.526. The molecule has 0 bridgehead atoms. The van der Waals surface area contributed by atoms with E-state index in [1.54, 1.807) is 21.9 Å². The molecule has 0 unspecified atom stereocenters. The number of hydrogen-bond donors (Lipinski definition) is 2. The van der Waals surface area contributed by atoms with Crippen LogP contribution < -0.4 is 5.32 Å². The topological polar surface area (TPSA) is 89.9 Å². The van der Waals surface area contributed by atoms with Crippen LogP contribution in [0.4, 0.5) is 4.79 Å². The molecule has 2 N–H and O–H groups in total. The van der Waals surface area contributed by atoms with Gasteiger partial charge in [-0.05, 0) is 25.0 Å². The molecule has 1 aliphatic carbocycles. The number of benzene rings is 1. The van der Waals surface area contributed by atoms with Crippen molar-refractivity contribution in [3.63, 3.8) is 0 Å². The lowest BCUT2D eigenvalue weighted by atomic mass is 9.82. The number of carbonyl (C=O) groups is 3. The number of carbonyl (C=O) groups excluding carboxylic acids is 2. The van der Waals surface area contributed by atoms with E-state index in [1.165, 1.54) is 0 Å². The molecular weight excluding hydrogens is 334 g/mol. The van der Waals surface area contributed by atoms with Crippen molar-refractivity contribution in [3.05, 3.63) is 35.9 Å². The maximum absolute atomic E-state index is 12.6. The second-order valence-corrected chi connectivity index (χ2v) is 7.02. The van der Waals surface area contributed by atoms with Crippen LogP contribution in [0.5, 0.6) is 0 Å². The number of aliphatic carboxylic acids is 1. The van der Waals surface area contributed by atoms with Crippen molar-refractivity contribution in [2.75, 3.05) is 26.2 Å². The van der Waals surface area contributed by atoms with Crippen LogP contribution in [0.3, 0.4) is 0 Å². The van der Waals surface area contributed by atoms with E-state index in [-0.39, 0.29) is 11.9 Å². The number of carboxylic acid groups (broad SMARTS) is 1. The standard InChI is InChI=1S/C19H25N3O4/c23-16(15-7-3-1-4-8-15)21-11-13-22(14-12-21)18(26)20-19(17(24)25)9-5-2-6-10-19/h1,3-4,7-8H,2,5-6,9-14H2,(H,20,26)(H,24,25). The minimum atomic E-state index is -1.15. The maximum atomic E-state index is 12.6. The van der Waals surface area contributed by atoms with Gasteiger partial charge in [-0.2, -0.15) is 0 Å². The molecule has 1 heterocycles. The van der Waals surface area contributed by atoms with Crippen LogP contribution in [0, 0.1) is 0 Å². The van der Waals surface area contributed by atoms with Crippen LogP contribution >= 0.6 is 0 Å². The van der Waals surface area contributed by atoms with Crippen LogP contribution in [-0.2, 0) is 4.79 Å². The lowest BCUT2D eigenvalue weighted by molar-refractivity contribution is -0.146. The van der Waals surface area contributed by atoms with E-state index in [9.17, 15) is 19.5 Å². The van der Waals surface area contributed by atoms with Crippen molar-refractivity contribution in [1.82, 2.24) is 15.1 Å². The van der Waals surface area contributed by atoms with Crippen LogP contribution in [0.2, 0.25) is 0 Å². The molecule has 2 aliphatic rings. The average molecular weight is 359 g/mol. The summed E-state index contributed by atoms with van der Waals surface area (Å²) in [6.45, 7) is 1.70. The van der Waals surface area contributed by atoms with Crippen molar-refractivity contribution in [2.24, 2.45) is 0 Å². The van der Waals surface area contributed by atoms with Gasteiger partial charge in [-0.3, -0.25) is 4.79 Å². The Morgan fingerprint density at radius 2 is 1.46 bits per heavy atom. The zero-order valence-corrected chi connectivity index (χ0v) is 14.8. The molecule has 0 atom stereocenters. The average Bonchev–Trinajstić information content (AvgIpc) is 2.69. The Bertz CT molecular complexity index is 663. The minimum Gasteiger partial charge on any atom is -0.480 e. The molecule has 0 spiro atoms. The number of piperazine rings is 1. The fourth-order valence-corrected chi connectivity index (χ4v) is 3.71. The first kappa shape index (κ1) is 18.2. The fourth-order valence-electron chi connectivity index (χ4n) is 3.71. The van der Waals surface area contributed by atoms with Crippen molar-refractivity contribution < 1.29 is 19.5 Å². The Hall–Kier alpha value is -2.57. The van der Waals surface area contributed by atoms with Crippen LogP contribution in [0.25, 0.3) is 0 Å². The normalized spacial score (nSPS) is 19.7. The molecule has 1 aromatic rings. The van der Waals surface area contributed by atoms with E-state index in [0.29, 0.717) is 44.6 Å². The third-order valence-corrected chi connectivity index (χ3v) is 5.34. The molecule has 3 rings (SSSR count). The van der Waals surface area contributed by atoms with Gasteiger partial charge in [0.1, 0.15) is 5.54 Å². The molecular formula is C19H25N3O4. The highest BCUT2D eigenvalue weighted by Gasteiger charge is 2.42. The van der Waals surface area contributed by atoms with Crippen LogP contribution in [-0.4, -0.2) is 64.5 Å². The van der Waals surface area contributed by atoms with E-state index in [2.05, 4.69) is 5.32 Å². The molecule has 0 aromatic heterocycles. The summed E-state index contributed by atoms with van der Waals surface area (Å²) in [5.74, 6) is -0.997. The Morgan fingerprint density at radius 1 is 0.885 bits per heavy atom. The molecule has 1 aliphatic heterocycles. The molecule has 7 heteroatoms. The number of rotatable bonds is 3. The number of amides is 3. The summed E-state index contributed by atoms with van der Waals surface area (Å²) in [6.07, 6.45) is 3.57. The molecule has 1 aromatic carbocycles. The van der Waals surface area contributed by atoms with Crippen LogP contribution in [0.1, 0.15) is 42.5 Å². The Kier molecular flexibility index (Phi) is 5.44. The highest BCUT2D eigenvalue weighted by atomic mass is 16.4.